The van der Waals surface area contributed by atoms with Gasteiger partial charge in [-0.15, -0.1) is 0 Å². The van der Waals surface area contributed by atoms with Crippen LogP contribution in [0.4, 0.5) is 0 Å². The van der Waals surface area contributed by atoms with Crippen molar-refractivity contribution in [2.24, 2.45) is 0 Å². The predicted molar refractivity (Wildman–Crippen MR) is 64.1 cm³/mol. The third-order valence-corrected chi connectivity index (χ3v) is 2.27. The van der Waals surface area contributed by atoms with E-state index in [4.69, 9.17) is 0 Å². The van der Waals surface area contributed by atoms with Crippen molar-refractivity contribution in [3.05, 3.63) is 39.4 Å². The van der Waals surface area contributed by atoms with Crippen LogP contribution in [0.5, 0.6) is 0 Å². The predicted octanol–water partition coefficient (Wildman–Crippen LogP) is 4.26. The quantitative estimate of drug-likeness (QED) is 0.810. The molecule has 13 heavy (non-hydrogen) atoms. The van der Waals surface area contributed by atoms with E-state index in [0.717, 1.165) is 14.6 Å². The van der Waals surface area contributed by atoms with E-state index >= 15 is 0 Å². The van der Waals surface area contributed by atoms with Gasteiger partial charge in [0.15, 0.2) is 0 Å². The Morgan fingerprint density at radius 1 is 1.23 bits per heavy atom. The molecule has 0 fully saturated rings. The van der Waals surface area contributed by atoms with E-state index in [2.05, 4.69) is 55.0 Å². The van der Waals surface area contributed by atoms with Crippen molar-refractivity contribution in [3.8, 4) is 0 Å². The molecule has 0 aliphatic carbocycles. The summed E-state index contributed by atoms with van der Waals surface area (Å²) in [5.41, 5.74) is 2.25. The zero-order valence-corrected chi connectivity index (χ0v) is 9.89. The summed E-state index contributed by atoms with van der Waals surface area (Å²) in [7, 11) is 0. The van der Waals surface area contributed by atoms with Crippen LogP contribution in [-0.2, 0) is 0 Å². The van der Waals surface area contributed by atoms with Gasteiger partial charge in [0.2, 0.25) is 0 Å². The van der Waals surface area contributed by atoms with Gasteiger partial charge in [-0.05, 0) is 55.5 Å². The van der Waals surface area contributed by atoms with E-state index < -0.39 is 0 Å². The monoisotopic (exact) mass is 299 g/mol. The van der Waals surface area contributed by atoms with E-state index in [1.54, 1.807) is 0 Å². The lowest BCUT2D eigenvalue weighted by molar-refractivity contribution is 1.43. The SMILES string of the molecule is BrC(Br)=Cc1cc2ccccc2[nH]1. The summed E-state index contributed by atoms with van der Waals surface area (Å²) in [6, 6.07) is 10.3. The maximum Gasteiger partial charge on any atom is 0.0624 e. The second-order valence-electron chi connectivity index (χ2n) is 2.75. The van der Waals surface area contributed by atoms with Crippen molar-refractivity contribution in [2.75, 3.05) is 0 Å². The lowest BCUT2D eigenvalue weighted by atomic mass is 10.2. The molecular formula is C10H7Br2N. The molecule has 1 aromatic heterocycles. The number of aromatic nitrogens is 1. The van der Waals surface area contributed by atoms with Crippen molar-refractivity contribution < 1.29 is 0 Å². The molecule has 0 spiro atoms. The number of nitrogens with one attached hydrogen (secondary N) is 1. The number of H-pyrrole nitrogens is 1. The first kappa shape index (κ1) is 9.03. The standard InChI is InChI=1S/C10H7Br2N/c11-10(12)6-8-5-7-3-1-2-4-9(7)13-8/h1-6,13H. The Labute approximate surface area is 93.1 Å². The third kappa shape index (κ3) is 2.03. The van der Waals surface area contributed by atoms with Crippen LogP contribution in [0.25, 0.3) is 17.0 Å². The summed E-state index contributed by atoms with van der Waals surface area (Å²) in [6.45, 7) is 0. The highest BCUT2D eigenvalue weighted by molar-refractivity contribution is 9.28. The zero-order valence-electron chi connectivity index (χ0n) is 6.72. The summed E-state index contributed by atoms with van der Waals surface area (Å²) < 4.78 is 0.937. The minimum atomic E-state index is 0.937. The fourth-order valence-electron chi connectivity index (χ4n) is 1.29. The van der Waals surface area contributed by atoms with Gasteiger partial charge in [0, 0.05) is 11.2 Å². The fourth-order valence-corrected chi connectivity index (χ4v) is 1.78. The largest absolute Gasteiger partial charge is 0.355 e. The smallest absolute Gasteiger partial charge is 0.0624 e. The molecule has 1 N–H and O–H groups in total. The Kier molecular flexibility index (Phi) is 2.56. The number of hydrogen-bond donors (Lipinski definition) is 1. The van der Waals surface area contributed by atoms with Crippen LogP contribution in [0.15, 0.2) is 33.7 Å². The Morgan fingerprint density at radius 2 is 2.00 bits per heavy atom. The van der Waals surface area contributed by atoms with Gasteiger partial charge >= 0.3 is 0 Å². The first-order chi connectivity index (χ1) is 6.25. The highest BCUT2D eigenvalue weighted by Gasteiger charge is 1.96. The second kappa shape index (κ2) is 3.68. The van der Waals surface area contributed by atoms with Gasteiger partial charge in [0.05, 0.1) is 3.39 Å². The molecule has 0 saturated heterocycles. The lowest BCUT2D eigenvalue weighted by Crippen LogP contribution is -1.67. The number of rotatable bonds is 1. The van der Waals surface area contributed by atoms with Gasteiger partial charge < -0.3 is 4.98 Å². The minimum absolute atomic E-state index is 0.937. The number of halogens is 2. The molecule has 2 aromatic rings. The van der Waals surface area contributed by atoms with Crippen LogP contribution in [0, 0.1) is 0 Å². The number of benzene rings is 1. The van der Waals surface area contributed by atoms with Gasteiger partial charge in [-0.2, -0.15) is 0 Å². The molecule has 3 heteroatoms. The van der Waals surface area contributed by atoms with Crippen LogP contribution >= 0.6 is 31.9 Å². The molecule has 1 heterocycles. The summed E-state index contributed by atoms with van der Waals surface area (Å²) in [4.78, 5) is 3.29. The number of aromatic amines is 1. The van der Waals surface area contributed by atoms with Crippen molar-refractivity contribution >= 4 is 48.8 Å². The molecule has 0 unspecified atom stereocenters. The van der Waals surface area contributed by atoms with Crippen LogP contribution in [0.3, 0.4) is 0 Å². The zero-order chi connectivity index (χ0) is 9.26. The average Bonchev–Trinajstić information content (AvgIpc) is 2.44. The highest BCUT2D eigenvalue weighted by Crippen LogP contribution is 2.21. The van der Waals surface area contributed by atoms with Gasteiger partial charge in [-0.25, -0.2) is 0 Å². The van der Waals surface area contributed by atoms with E-state index in [-0.39, 0.29) is 0 Å². The van der Waals surface area contributed by atoms with Crippen molar-refractivity contribution in [1.82, 2.24) is 4.98 Å². The number of hydrogen-bond acceptors (Lipinski definition) is 0. The lowest BCUT2D eigenvalue weighted by Gasteiger charge is -1.85. The molecule has 66 valence electrons. The van der Waals surface area contributed by atoms with Gasteiger partial charge in [-0.1, -0.05) is 18.2 Å². The molecular weight excluding hydrogens is 294 g/mol. The van der Waals surface area contributed by atoms with Crippen LogP contribution in [0.1, 0.15) is 5.69 Å². The molecule has 0 radical (unpaired) electrons. The Hall–Kier alpha value is -0.540. The van der Waals surface area contributed by atoms with Crippen LogP contribution < -0.4 is 0 Å². The van der Waals surface area contributed by atoms with Crippen LogP contribution in [-0.4, -0.2) is 4.98 Å². The topological polar surface area (TPSA) is 15.8 Å². The first-order valence-corrected chi connectivity index (χ1v) is 5.45. The molecule has 0 bridgehead atoms. The molecule has 2 rings (SSSR count). The summed E-state index contributed by atoms with van der Waals surface area (Å²) in [6.07, 6.45) is 1.99. The summed E-state index contributed by atoms with van der Waals surface area (Å²) in [5.74, 6) is 0. The average molecular weight is 301 g/mol. The van der Waals surface area contributed by atoms with E-state index in [1.807, 2.05) is 18.2 Å². The molecule has 1 aromatic carbocycles. The molecule has 0 aliphatic rings. The molecule has 0 amide bonds. The van der Waals surface area contributed by atoms with Gasteiger partial charge in [0.1, 0.15) is 0 Å². The number of fused-ring (bicyclic) bond motifs is 1. The first-order valence-electron chi connectivity index (χ1n) is 3.86. The Morgan fingerprint density at radius 3 is 2.69 bits per heavy atom. The summed E-state index contributed by atoms with van der Waals surface area (Å²) in [5, 5.41) is 1.23. The van der Waals surface area contributed by atoms with Crippen molar-refractivity contribution in [3.63, 3.8) is 0 Å². The van der Waals surface area contributed by atoms with Crippen molar-refractivity contribution in [1.29, 1.82) is 0 Å². The maximum atomic E-state index is 3.33. The van der Waals surface area contributed by atoms with E-state index in [0.29, 0.717) is 0 Å². The molecule has 1 nitrogen and oxygen atoms in total. The highest BCUT2D eigenvalue weighted by atomic mass is 79.9. The normalized spacial score (nSPS) is 10.3. The molecule has 0 aliphatic heterocycles. The fraction of sp³-hybridized carbons (Fsp3) is 0. The van der Waals surface area contributed by atoms with E-state index in [9.17, 15) is 0 Å². The second-order valence-corrected chi connectivity index (χ2v) is 5.52. The third-order valence-electron chi connectivity index (χ3n) is 1.82. The Balaban J connectivity index is 2.56. The maximum absolute atomic E-state index is 3.33. The van der Waals surface area contributed by atoms with Gasteiger partial charge in [-0.3, -0.25) is 0 Å². The van der Waals surface area contributed by atoms with Crippen molar-refractivity contribution in [2.45, 2.75) is 0 Å². The van der Waals surface area contributed by atoms with Crippen LogP contribution in [0.2, 0.25) is 0 Å². The minimum Gasteiger partial charge on any atom is -0.355 e. The molecule has 0 atom stereocenters. The summed E-state index contributed by atoms with van der Waals surface area (Å²) >= 11 is 6.65. The van der Waals surface area contributed by atoms with E-state index in [1.165, 1.54) is 5.39 Å². The molecule has 0 saturated carbocycles. The van der Waals surface area contributed by atoms with Gasteiger partial charge in [0.25, 0.3) is 0 Å². The number of para-hydroxylation sites is 1. The Bertz CT molecular complexity index is 420.